The van der Waals surface area contributed by atoms with E-state index in [-0.39, 0.29) is 5.91 Å². The highest BCUT2D eigenvalue weighted by atomic mass is 19.1. The predicted octanol–water partition coefficient (Wildman–Crippen LogP) is 2.45. The van der Waals surface area contributed by atoms with Gasteiger partial charge in [-0.15, -0.1) is 0 Å². The third-order valence-corrected chi connectivity index (χ3v) is 4.54. The van der Waals surface area contributed by atoms with Gasteiger partial charge in [0, 0.05) is 6.20 Å². The van der Waals surface area contributed by atoms with Gasteiger partial charge in [-0.1, -0.05) is 6.07 Å². The quantitative estimate of drug-likeness (QED) is 0.667. The first-order valence-electron chi connectivity index (χ1n) is 8.08. The normalized spacial score (nSPS) is 16.2. The Morgan fingerprint density at radius 2 is 2.12 bits per heavy atom. The molecule has 0 spiro atoms. The minimum atomic E-state index is -1.08. The van der Waals surface area contributed by atoms with Gasteiger partial charge in [-0.2, -0.15) is 5.10 Å². The summed E-state index contributed by atoms with van der Waals surface area (Å²) in [5.74, 6) is -1.33. The zero-order valence-electron chi connectivity index (χ0n) is 14.4. The Bertz CT molecular complexity index is 827. The molecule has 6 nitrogen and oxygen atoms in total. The molecule has 0 bridgehead atoms. The third kappa shape index (κ3) is 3.14. The summed E-state index contributed by atoms with van der Waals surface area (Å²) in [6.45, 7) is 3.63. The lowest BCUT2D eigenvalue weighted by molar-refractivity contribution is -0.152. The highest BCUT2D eigenvalue weighted by Crippen LogP contribution is 2.47. The number of aromatic nitrogens is 2. The summed E-state index contributed by atoms with van der Waals surface area (Å²) >= 11 is 0. The third-order valence-electron chi connectivity index (χ3n) is 4.54. The Labute approximate surface area is 145 Å². The zero-order chi connectivity index (χ0) is 18.2. The number of nitrogens with one attached hydrogen (secondary N) is 1. The number of carbonyl (C=O) groups excluding carboxylic acids is 2. The average molecular weight is 345 g/mol. The molecule has 1 aromatic carbocycles. The first-order chi connectivity index (χ1) is 11.9. The molecule has 1 aliphatic rings. The Morgan fingerprint density at radius 1 is 1.40 bits per heavy atom. The van der Waals surface area contributed by atoms with E-state index in [4.69, 9.17) is 4.74 Å². The molecule has 1 saturated carbocycles. The summed E-state index contributed by atoms with van der Waals surface area (Å²) < 4.78 is 20.6. The van der Waals surface area contributed by atoms with Crippen LogP contribution in [0.2, 0.25) is 0 Å². The molecule has 3 rings (SSSR count). The number of hydrogen-bond donors (Lipinski definition) is 1. The maximum Gasteiger partial charge on any atom is 0.321 e. The molecule has 2 aromatic rings. The van der Waals surface area contributed by atoms with E-state index in [1.807, 2.05) is 6.92 Å². The van der Waals surface area contributed by atoms with Crippen molar-refractivity contribution in [3.8, 4) is 5.69 Å². The maximum absolute atomic E-state index is 14.4. The fourth-order valence-electron chi connectivity index (χ4n) is 2.79. The maximum atomic E-state index is 14.4. The van der Waals surface area contributed by atoms with Crippen molar-refractivity contribution in [2.24, 2.45) is 5.41 Å². The van der Waals surface area contributed by atoms with Gasteiger partial charge in [-0.05, 0) is 49.9 Å². The van der Waals surface area contributed by atoms with Gasteiger partial charge in [0.05, 0.1) is 19.3 Å². The Balaban J connectivity index is 1.75. The molecular formula is C18H20FN3O3. The van der Waals surface area contributed by atoms with E-state index in [2.05, 4.69) is 10.4 Å². The number of esters is 1. The van der Waals surface area contributed by atoms with Crippen molar-refractivity contribution in [2.45, 2.75) is 32.7 Å². The van der Waals surface area contributed by atoms with E-state index in [1.54, 1.807) is 31.5 Å². The van der Waals surface area contributed by atoms with Crippen LogP contribution in [0.15, 0.2) is 30.6 Å². The molecule has 1 N–H and O–H groups in total. The summed E-state index contributed by atoms with van der Waals surface area (Å²) in [7, 11) is 1.27. The van der Waals surface area contributed by atoms with Crippen LogP contribution in [-0.2, 0) is 14.3 Å². The Kier molecular flexibility index (Phi) is 4.32. The van der Waals surface area contributed by atoms with E-state index < -0.39 is 23.2 Å². The van der Waals surface area contributed by atoms with E-state index in [9.17, 15) is 14.0 Å². The topological polar surface area (TPSA) is 73.2 Å². The van der Waals surface area contributed by atoms with Crippen molar-refractivity contribution in [2.75, 3.05) is 7.11 Å². The van der Waals surface area contributed by atoms with E-state index in [1.165, 1.54) is 17.9 Å². The second-order valence-corrected chi connectivity index (χ2v) is 6.44. The minimum absolute atomic E-state index is 0.337. The molecule has 0 unspecified atom stereocenters. The largest absolute Gasteiger partial charge is 0.468 e. The lowest BCUT2D eigenvalue weighted by Crippen LogP contribution is -2.39. The Morgan fingerprint density at radius 3 is 2.64 bits per heavy atom. The van der Waals surface area contributed by atoms with Crippen LogP contribution < -0.4 is 5.32 Å². The van der Waals surface area contributed by atoms with Crippen LogP contribution in [0.3, 0.4) is 0 Å². The summed E-state index contributed by atoms with van der Waals surface area (Å²) in [6.07, 6.45) is 4.34. The van der Waals surface area contributed by atoms with Gasteiger partial charge in [0.15, 0.2) is 0 Å². The molecule has 1 amide bonds. The average Bonchev–Trinajstić information content (AvgIpc) is 3.30. The molecule has 1 aliphatic carbocycles. The van der Waals surface area contributed by atoms with E-state index in [0.717, 1.165) is 5.56 Å². The summed E-state index contributed by atoms with van der Waals surface area (Å²) in [5.41, 5.74) is 0.804. The van der Waals surface area contributed by atoms with Gasteiger partial charge in [0.2, 0.25) is 5.91 Å². The van der Waals surface area contributed by atoms with Crippen LogP contribution in [-0.4, -0.2) is 28.8 Å². The molecule has 132 valence electrons. The zero-order valence-corrected chi connectivity index (χ0v) is 14.4. The first kappa shape index (κ1) is 17.1. The van der Waals surface area contributed by atoms with Crippen molar-refractivity contribution in [3.63, 3.8) is 0 Å². The van der Waals surface area contributed by atoms with Gasteiger partial charge < -0.3 is 10.1 Å². The smallest absolute Gasteiger partial charge is 0.321 e. The lowest BCUT2D eigenvalue weighted by Gasteiger charge is -2.19. The standard InChI is InChI=1S/C18H20FN3O3/c1-11-9-20-22(10-11)15-5-4-13(8-14(15)19)12(2)21-16(23)18(6-7-18)17(24)25-3/h4-5,8-10,12H,6-7H2,1-3H3,(H,21,23)/t12-/m1/s1. The summed E-state index contributed by atoms with van der Waals surface area (Å²) in [4.78, 5) is 24.1. The lowest BCUT2D eigenvalue weighted by atomic mass is 10.0. The number of amides is 1. The minimum Gasteiger partial charge on any atom is -0.468 e. The van der Waals surface area contributed by atoms with Gasteiger partial charge in [0.25, 0.3) is 0 Å². The highest BCUT2D eigenvalue weighted by molar-refractivity contribution is 6.05. The number of rotatable bonds is 5. The van der Waals surface area contributed by atoms with Crippen LogP contribution in [0.1, 0.15) is 36.9 Å². The van der Waals surface area contributed by atoms with Gasteiger partial charge in [-0.3, -0.25) is 9.59 Å². The van der Waals surface area contributed by atoms with Crippen molar-refractivity contribution in [3.05, 3.63) is 47.5 Å². The molecule has 7 heteroatoms. The summed E-state index contributed by atoms with van der Waals surface area (Å²) in [5, 5.41) is 6.87. The van der Waals surface area contributed by atoms with Crippen LogP contribution in [0, 0.1) is 18.2 Å². The SMILES string of the molecule is COC(=O)C1(C(=O)N[C@H](C)c2ccc(-n3cc(C)cn3)c(F)c2)CC1. The molecule has 1 atom stereocenters. The number of ether oxygens (including phenoxy) is 1. The molecular weight excluding hydrogens is 325 g/mol. The van der Waals surface area contributed by atoms with Crippen LogP contribution in [0.4, 0.5) is 4.39 Å². The predicted molar refractivity (Wildman–Crippen MR) is 88.5 cm³/mol. The molecule has 1 aromatic heterocycles. The number of nitrogens with zero attached hydrogens (tertiary/aromatic N) is 2. The summed E-state index contributed by atoms with van der Waals surface area (Å²) in [6, 6.07) is 4.29. The van der Waals surface area contributed by atoms with Crippen LogP contribution in [0.25, 0.3) is 5.69 Å². The van der Waals surface area contributed by atoms with Crippen LogP contribution in [0.5, 0.6) is 0 Å². The monoisotopic (exact) mass is 345 g/mol. The van der Waals surface area contributed by atoms with Crippen LogP contribution >= 0.6 is 0 Å². The van der Waals surface area contributed by atoms with Gasteiger partial charge in [-0.25, -0.2) is 9.07 Å². The number of benzene rings is 1. The van der Waals surface area contributed by atoms with E-state index >= 15 is 0 Å². The molecule has 1 heterocycles. The van der Waals surface area contributed by atoms with Crippen molar-refractivity contribution in [1.29, 1.82) is 0 Å². The number of halogens is 1. The molecule has 0 saturated heterocycles. The molecule has 25 heavy (non-hydrogen) atoms. The van der Waals surface area contributed by atoms with Gasteiger partial charge >= 0.3 is 5.97 Å². The van der Waals surface area contributed by atoms with Crippen molar-refractivity contribution in [1.82, 2.24) is 15.1 Å². The number of hydrogen-bond acceptors (Lipinski definition) is 4. The number of aryl methyl sites for hydroxylation is 1. The van der Waals surface area contributed by atoms with E-state index in [0.29, 0.717) is 24.1 Å². The number of carbonyl (C=O) groups is 2. The molecule has 0 radical (unpaired) electrons. The fraction of sp³-hybridized carbons (Fsp3) is 0.389. The second-order valence-electron chi connectivity index (χ2n) is 6.44. The first-order valence-corrected chi connectivity index (χ1v) is 8.08. The fourth-order valence-corrected chi connectivity index (χ4v) is 2.79. The molecule has 1 fully saturated rings. The molecule has 0 aliphatic heterocycles. The highest BCUT2D eigenvalue weighted by Gasteiger charge is 2.58. The number of methoxy groups -OCH3 is 1. The van der Waals surface area contributed by atoms with Gasteiger partial charge in [0.1, 0.15) is 16.9 Å². The van der Waals surface area contributed by atoms with Crippen molar-refractivity contribution >= 4 is 11.9 Å². The van der Waals surface area contributed by atoms with Crippen molar-refractivity contribution < 1.29 is 18.7 Å². The second kappa shape index (κ2) is 6.31. The Hall–Kier alpha value is -2.70.